The molecule has 1 aromatic carbocycles. The van der Waals surface area contributed by atoms with Gasteiger partial charge in [-0.2, -0.15) is 5.10 Å². The molecule has 2 amide bonds. The Balaban J connectivity index is 2.12. The highest BCUT2D eigenvalue weighted by Gasteiger charge is 2.23. The van der Waals surface area contributed by atoms with Crippen LogP contribution in [-0.2, 0) is 9.53 Å². The number of ether oxygens (including phenoxy) is 1. The van der Waals surface area contributed by atoms with Crippen LogP contribution in [0.4, 0.5) is 10.6 Å². The highest BCUT2D eigenvalue weighted by molar-refractivity contribution is 5.96. The van der Waals surface area contributed by atoms with Crippen LogP contribution < -0.4 is 10.6 Å². The normalized spacial score (nSPS) is 11.9. The first-order valence-electron chi connectivity index (χ1n) is 8.58. The molecule has 1 aromatic heterocycles. The molecule has 1 atom stereocenters. The predicted molar refractivity (Wildman–Crippen MR) is 101 cm³/mol. The average Bonchev–Trinajstić information content (AvgIpc) is 3.01. The van der Waals surface area contributed by atoms with E-state index >= 15 is 0 Å². The molecule has 3 N–H and O–H groups in total. The first-order chi connectivity index (χ1) is 12.3. The maximum atomic E-state index is 12.5. The van der Waals surface area contributed by atoms with E-state index in [1.807, 2.05) is 39.8 Å². The summed E-state index contributed by atoms with van der Waals surface area (Å²) in [7, 11) is 1.27. The van der Waals surface area contributed by atoms with Crippen molar-refractivity contribution in [3.63, 3.8) is 0 Å². The van der Waals surface area contributed by atoms with Gasteiger partial charge in [0.25, 0.3) is 0 Å². The number of nitrogens with one attached hydrogen (secondary N) is 3. The van der Waals surface area contributed by atoms with Crippen molar-refractivity contribution in [2.75, 3.05) is 12.4 Å². The number of amides is 2. The third-order valence-electron chi connectivity index (χ3n) is 3.86. The van der Waals surface area contributed by atoms with E-state index in [1.54, 1.807) is 6.07 Å². The number of alkyl carbamates (subject to hydrolysis) is 1. The van der Waals surface area contributed by atoms with Crippen LogP contribution >= 0.6 is 0 Å². The van der Waals surface area contributed by atoms with Crippen molar-refractivity contribution in [2.45, 2.75) is 40.2 Å². The van der Waals surface area contributed by atoms with Gasteiger partial charge in [-0.3, -0.25) is 9.89 Å². The van der Waals surface area contributed by atoms with Crippen LogP contribution in [0.25, 0.3) is 11.3 Å². The van der Waals surface area contributed by atoms with Gasteiger partial charge < -0.3 is 15.4 Å². The number of aryl methyl sites for hydroxylation is 2. The van der Waals surface area contributed by atoms with Gasteiger partial charge in [0.05, 0.1) is 12.8 Å². The molecule has 0 aliphatic heterocycles. The zero-order valence-electron chi connectivity index (χ0n) is 15.8. The number of aromatic amines is 1. The third kappa shape index (κ3) is 5.34. The molecule has 0 radical (unpaired) electrons. The zero-order valence-corrected chi connectivity index (χ0v) is 15.8. The Morgan fingerprint density at radius 1 is 1.15 bits per heavy atom. The molecule has 2 aromatic rings. The number of H-pyrrole nitrogens is 1. The number of hydrogen-bond acceptors (Lipinski definition) is 4. The number of aromatic nitrogens is 2. The fourth-order valence-corrected chi connectivity index (χ4v) is 2.78. The molecule has 0 fully saturated rings. The van der Waals surface area contributed by atoms with E-state index in [-0.39, 0.29) is 11.8 Å². The van der Waals surface area contributed by atoms with Gasteiger partial charge in [0.1, 0.15) is 6.04 Å². The second kappa shape index (κ2) is 8.51. The molecule has 140 valence electrons. The van der Waals surface area contributed by atoms with E-state index in [4.69, 9.17) is 0 Å². The van der Waals surface area contributed by atoms with Crippen molar-refractivity contribution in [3.05, 3.63) is 35.4 Å². The summed E-state index contributed by atoms with van der Waals surface area (Å²) in [5, 5.41) is 12.4. The van der Waals surface area contributed by atoms with Crippen LogP contribution in [0.1, 0.15) is 31.4 Å². The van der Waals surface area contributed by atoms with Crippen molar-refractivity contribution in [1.29, 1.82) is 0 Å². The van der Waals surface area contributed by atoms with Gasteiger partial charge in [0, 0.05) is 11.6 Å². The minimum atomic E-state index is -0.691. The minimum Gasteiger partial charge on any atom is -0.453 e. The average molecular weight is 358 g/mol. The third-order valence-corrected chi connectivity index (χ3v) is 3.86. The lowest BCUT2D eigenvalue weighted by Gasteiger charge is -2.18. The van der Waals surface area contributed by atoms with Gasteiger partial charge >= 0.3 is 6.09 Å². The van der Waals surface area contributed by atoms with Gasteiger partial charge in [-0.15, -0.1) is 0 Å². The SMILES string of the molecule is COC(=O)N[C@@H](CC(C)C)C(=O)Nc1cc(-c2cc(C)cc(C)c2)[nH]n1. The van der Waals surface area contributed by atoms with Gasteiger partial charge in [-0.25, -0.2) is 4.79 Å². The van der Waals surface area contributed by atoms with Crippen molar-refractivity contribution in [3.8, 4) is 11.3 Å². The summed E-state index contributed by atoms with van der Waals surface area (Å²) in [5.74, 6) is 0.306. The van der Waals surface area contributed by atoms with Crippen LogP contribution in [0, 0.1) is 19.8 Å². The zero-order chi connectivity index (χ0) is 19.3. The number of rotatable bonds is 6. The maximum Gasteiger partial charge on any atom is 0.407 e. The Hall–Kier alpha value is -2.83. The summed E-state index contributed by atoms with van der Waals surface area (Å²) in [6.07, 6.45) is -0.140. The molecular weight excluding hydrogens is 332 g/mol. The summed E-state index contributed by atoms with van der Waals surface area (Å²) < 4.78 is 4.60. The number of nitrogens with zero attached hydrogens (tertiary/aromatic N) is 1. The van der Waals surface area contributed by atoms with E-state index in [9.17, 15) is 9.59 Å². The van der Waals surface area contributed by atoms with Gasteiger partial charge in [-0.1, -0.05) is 31.0 Å². The summed E-state index contributed by atoms with van der Waals surface area (Å²) in [6.45, 7) is 8.02. The van der Waals surface area contributed by atoms with Gasteiger partial charge in [-0.05, 0) is 38.3 Å². The Kier molecular flexibility index (Phi) is 6.38. The van der Waals surface area contributed by atoms with Crippen LogP contribution in [0.5, 0.6) is 0 Å². The Morgan fingerprint density at radius 3 is 2.38 bits per heavy atom. The molecular formula is C19H26N4O3. The topological polar surface area (TPSA) is 96.1 Å². The van der Waals surface area contributed by atoms with E-state index in [0.717, 1.165) is 22.4 Å². The maximum absolute atomic E-state index is 12.5. The van der Waals surface area contributed by atoms with E-state index in [0.29, 0.717) is 12.2 Å². The van der Waals surface area contributed by atoms with Gasteiger partial charge in [0.15, 0.2) is 5.82 Å². The first kappa shape index (κ1) is 19.5. The summed E-state index contributed by atoms with van der Waals surface area (Å²) in [6, 6.07) is 7.27. The molecule has 2 rings (SSSR count). The van der Waals surface area contributed by atoms with Crippen molar-refractivity contribution < 1.29 is 14.3 Å². The van der Waals surface area contributed by atoms with Crippen LogP contribution in [0.2, 0.25) is 0 Å². The molecule has 0 saturated heterocycles. The molecule has 0 unspecified atom stereocenters. The van der Waals surface area contributed by atoms with Gasteiger partial charge in [0.2, 0.25) is 5.91 Å². The minimum absolute atomic E-state index is 0.230. The lowest BCUT2D eigenvalue weighted by molar-refractivity contribution is -0.118. The fourth-order valence-electron chi connectivity index (χ4n) is 2.78. The number of benzene rings is 1. The van der Waals surface area contributed by atoms with Crippen LogP contribution in [0.3, 0.4) is 0 Å². The second-order valence-electron chi connectivity index (χ2n) is 6.85. The largest absolute Gasteiger partial charge is 0.453 e. The first-order valence-corrected chi connectivity index (χ1v) is 8.58. The molecule has 0 bridgehead atoms. The van der Waals surface area contributed by atoms with Crippen molar-refractivity contribution in [2.24, 2.45) is 5.92 Å². The Bertz CT molecular complexity index is 763. The lowest BCUT2D eigenvalue weighted by Crippen LogP contribution is -2.44. The summed E-state index contributed by atoms with van der Waals surface area (Å²) >= 11 is 0. The summed E-state index contributed by atoms with van der Waals surface area (Å²) in [5.41, 5.74) is 4.12. The highest BCUT2D eigenvalue weighted by atomic mass is 16.5. The number of carbonyl (C=O) groups is 2. The quantitative estimate of drug-likeness (QED) is 0.737. The lowest BCUT2D eigenvalue weighted by atomic mass is 10.0. The molecule has 7 nitrogen and oxygen atoms in total. The second-order valence-corrected chi connectivity index (χ2v) is 6.85. The molecule has 0 saturated carbocycles. The van der Waals surface area contributed by atoms with Crippen LogP contribution in [0.15, 0.2) is 24.3 Å². The molecule has 26 heavy (non-hydrogen) atoms. The van der Waals surface area contributed by atoms with Crippen molar-refractivity contribution in [1.82, 2.24) is 15.5 Å². The molecule has 0 aliphatic carbocycles. The monoisotopic (exact) mass is 358 g/mol. The molecule has 0 spiro atoms. The molecule has 1 heterocycles. The van der Waals surface area contributed by atoms with Crippen molar-refractivity contribution >= 4 is 17.8 Å². The number of carbonyl (C=O) groups excluding carboxylic acids is 2. The highest BCUT2D eigenvalue weighted by Crippen LogP contribution is 2.22. The number of anilines is 1. The van der Waals surface area contributed by atoms with E-state index in [1.165, 1.54) is 7.11 Å². The smallest absolute Gasteiger partial charge is 0.407 e. The number of methoxy groups -OCH3 is 1. The Morgan fingerprint density at radius 2 is 1.81 bits per heavy atom. The van der Waals surface area contributed by atoms with Crippen LogP contribution in [-0.4, -0.2) is 35.3 Å². The molecule has 7 heteroatoms. The predicted octanol–water partition coefficient (Wildman–Crippen LogP) is 3.40. The number of hydrogen-bond donors (Lipinski definition) is 3. The summed E-state index contributed by atoms with van der Waals surface area (Å²) in [4.78, 5) is 24.0. The Labute approximate surface area is 153 Å². The molecule has 0 aliphatic rings. The fraction of sp³-hybridized carbons (Fsp3) is 0.421. The van der Waals surface area contributed by atoms with E-state index < -0.39 is 12.1 Å². The van der Waals surface area contributed by atoms with E-state index in [2.05, 4.69) is 31.6 Å². The standard InChI is InChI=1S/C19H26N4O3/c1-11(2)6-16(20-19(25)26-5)18(24)21-17-10-15(22-23-17)14-8-12(3)7-13(4)9-14/h7-11,16H,6H2,1-5H3,(H,20,25)(H2,21,22,23,24)/t16-/m0/s1.